The van der Waals surface area contributed by atoms with E-state index in [0.717, 1.165) is 5.75 Å². The molecule has 1 rings (SSSR count). The third-order valence-electron chi connectivity index (χ3n) is 2.21. The molecule has 0 amide bonds. The topological polar surface area (TPSA) is 26.3 Å². The van der Waals surface area contributed by atoms with Crippen molar-refractivity contribution < 1.29 is 9.53 Å². The molecule has 0 saturated heterocycles. The number of benzene rings is 1. The van der Waals surface area contributed by atoms with Crippen molar-refractivity contribution in [2.24, 2.45) is 5.92 Å². The number of carbonyl (C=O) groups excluding carboxylic acids is 1. The predicted octanol–water partition coefficient (Wildman–Crippen LogP) is 3.30. The Morgan fingerprint density at radius 2 is 1.80 bits per heavy atom. The molecule has 0 aliphatic carbocycles. The first-order valence-electron chi connectivity index (χ1n) is 4.88. The van der Waals surface area contributed by atoms with Crippen LogP contribution < -0.4 is 4.74 Å². The highest BCUT2D eigenvalue weighted by atomic mass is 79.9. The summed E-state index contributed by atoms with van der Waals surface area (Å²) >= 11 is 3.40. The van der Waals surface area contributed by atoms with Gasteiger partial charge in [-0.2, -0.15) is 0 Å². The van der Waals surface area contributed by atoms with E-state index in [2.05, 4.69) is 15.9 Å². The molecule has 0 saturated carbocycles. The second-order valence-corrected chi connectivity index (χ2v) is 4.73. The third kappa shape index (κ3) is 3.06. The Labute approximate surface area is 98.8 Å². The number of hydrogen-bond acceptors (Lipinski definition) is 2. The number of methoxy groups -OCH3 is 1. The number of rotatable bonds is 4. The molecule has 0 aliphatic rings. The highest BCUT2D eigenvalue weighted by Gasteiger charge is 2.19. The van der Waals surface area contributed by atoms with Gasteiger partial charge < -0.3 is 4.74 Å². The van der Waals surface area contributed by atoms with Gasteiger partial charge in [-0.05, 0) is 30.2 Å². The molecule has 0 heterocycles. The Balaban J connectivity index is 2.83. The molecule has 1 atom stereocenters. The van der Waals surface area contributed by atoms with Crippen LogP contribution in [-0.2, 0) is 0 Å². The smallest absolute Gasteiger partial charge is 0.176 e. The maximum absolute atomic E-state index is 11.9. The van der Waals surface area contributed by atoms with Gasteiger partial charge in [0.15, 0.2) is 5.78 Å². The maximum atomic E-state index is 11.9. The van der Waals surface area contributed by atoms with E-state index in [1.54, 1.807) is 31.4 Å². The molecule has 0 fully saturated rings. The first-order chi connectivity index (χ1) is 7.06. The summed E-state index contributed by atoms with van der Waals surface area (Å²) in [6, 6.07) is 7.18. The number of alkyl halides is 1. The van der Waals surface area contributed by atoms with E-state index in [9.17, 15) is 4.79 Å². The van der Waals surface area contributed by atoms with Crippen LogP contribution >= 0.6 is 15.9 Å². The third-order valence-corrected chi connectivity index (χ3v) is 3.68. The molecule has 3 heteroatoms. The highest BCUT2D eigenvalue weighted by molar-refractivity contribution is 9.10. The van der Waals surface area contributed by atoms with Gasteiger partial charge in [-0.25, -0.2) is 0 Å². The van der Waals surface area contributed by atoms with E-state index in [4.69, 9.17) is 4.74 Å². The average Bonchev–Trinajstić information content (AvgIpc) is 2.27. The van der Waals surface area contributed by atoms with Gasteiger partial charge in [-0.3, -0.25) is 4.79 Å². The quantitative estimate of drug-likeness (QED) is 0.620. The first-order valence-corrected chi connectivity index (χ1v) is 5.80. The molecule has 0 aliphatic heterocycles. The Morgan fingerprint density at radius 1 is 1.27 bits per heavy atom. The number of ketones is 1. The number of Topliss-reactive ketones (excluding diaryl/α,β-unsaturated/α-hetero) is 1. The lowest BCUT2D eigenvalue weighted by atomic mass is 10.0. The van der Waals surface area contributed by atoms with E-state index in [0.29, 0.717) is 11.5 Å². The highest BCUT2D eigenvalue weighted by Crippen LogP contribution is 2.19. The summed E-state index contributed by atoms with van der Waals surface area (Å²) in [4.78, 5) is 11.8. The second kappa shape index (κ2) is 5.31. The zero-order valence-corrected chi connectivity index (χ0v) is 10.7. The molecule has 0 unspecified atom stereocenters. The molecule has 0 aromatic heterocycles. The fourth-order valence-corrected chi connectivity index (χ4v) is 1.48. The summed E-state index contributed by atoms with van der Waals surface area (Å²) in [5.74, 6) is 1.18. The van der Waals surface area contributed by atoms with Crippen LogP contribution in [0.2, 0.25) is 0 Å². The number of halogens is 1. The molecule has 0 radical (unpaired) electrons. The van der Waals surface area contributed by atoms with Gasteiger partial charge in [0.05, 0.1) is 11.9 Å². The van der Waals surface area contributed by atoms with Crippen LogP contribution in [0.15, 0.2) is 24.3 Å². The van der Waals surface area contributed by atoms with Crippen LogP contribution in [0.25, 0.3) is 0 Å². The van der Waals surface area contributed by atoms with Crippen LogP contribution in [0.1, 0.15) is 24.2 Å². The maximum Gasteiger partial charge on any atom is 0.176 e. The van der Waals surface area contributed by atoms with E-state index in [1.807, 2.05) is 13.8 Å². The second-order valence-electron chi connectivity index (χ2n) is 3.74. The van der Waals surface area contributed by atoms with Gasteiger partial charge in [0.1, 0.15) is 5.75 Å². The van der Waals surface area contributed by atoms with Crippen molar-refractivity contribution in [1.82, 2.24) is 0 Å². The molecule has 0 N–H and O–H groups in total. The van der Waals surface area contributed by atoms with Gasteiger partial charge in [0, 0.05) is 5.56 Å². The van der Waals surface area contributed by atoms with Crippen molar-refractivity contribution in [1.29, 1.82) is 0 Å². The number of ether oxygens (including phenoxy) is 1. The Bertz CT molecular complexity index is 330. The van der Waals surface area contributed by atoms with Crippen LogP contribution in [0.4, 0.5) is 0 Å². The summed E-state index contributed by atoms with van der Waals surface area (Å²) in [5.41, 5.74) is 0.714. The normalized spacial score (nSPS) is 12.6. The molecule has 1 aromatic rings. The Hall–Kier alpha value is -0.830. The molecule has 2 nitrogen and oxygen atoms in total. The molecular weight excluding hydrogens is 256 g/mol. The number of hydrogen-bond donors (Lipinski definition) is 0. The largest absolute Gasteiger partial charge is 0.497 e. The first kappa shape index (κ1) is 12.2. The van der Waals surface area contributed by atoms with Gasteiger partial charge in [0.2, 0.25) is 0 Å². The summed E-state index contributed by atoms with van der Waals surface area (Å²) in [6.07, 6.45) is 0. The van der Waals surface area contributed by atoms with Crippen molar-refractivity contribution >= 4 is 21.7 Å². The fourth-order valence-electron chi connectivity index (χ4n) is 1.22. The molecule has 82 valence electrons. The summed E-state index contributed by atoms with van der Waals surface area (Å²) in [6.45, 7) is 4.03. The summed E-state index contributed by atoms with van der Waals surface area (Å²) in [7, 11) is 1.61. The van der Waals surface area contributed by atoms with Crippen molar-refractivity contribution in [2.75, 3.05) is 7.11 Å². The fraction of sp³-hybridized carbons (Fsp3) is 0.417. The summed E-state index contributed by atoms with van der Waals surface area (Å²) in [5, 5.41) is 0. The predicted molar refractivity (Wildman–Crippen MR) is 64.9 cm³/mol. The van der Waals surface area contributed by atoms with Gasteiger partial charge in [-0.15, -0.1) is 0 Å². The molecule has 1 aromatic carbocycles. The van der Waals surface area contributed by atoms with Crippen molar-refractivity contribution in [3.63, 3.8) is 0 Å². The zero-order valence-electron chi connectivity index (χ0n) is 9.16. The molecule has 0 spiro atoms. The minimum absolute atomic E-state index is 0.118. The van der Waals surface area contributed by atoms with E-state index < -0.39 is 0 Å². The van der Waals surface area contributed by atoms with E-state index >= 15 is 0 Å². The standard InChI is InChI=1S/C12H15BrO2/c1-8(2)11(13)12(14)9-4-6-10(15-3)7-5-9/h4-8,11H,1-3H3/t11-/m1/s1. The van der Waals surface area contributed by atoms with Crippen molar-refractivity contribution in [3.8, 4) is 5.75 Å². The average molecular weight is 271 g/mol. The molecule has 15 heavy (non-hydrogen) atoms. The van der Waals surface area contributed by atoms with Crippen LogP contribution in [0.3, 0.4) is 0 Å². The van der Waals surface area contributed by atoms with Crippen molar-refractivity contribution in [3.05, 3.63) is 29.8 Å². The van der Waals surface area contributed by atoms with Crippen LogP contribution in [0.5, 0.6) is 5.75 Å². The lowest BCUT2D eigenvalue weighted by Crippen LogP contribution is -2.19. The van der Waals surface area contributed by atoms with Gasteiger partial charge in [-0.1, -0.05) is 29.8 Å². The SMILES string of the molecule is COc1ccc(C(=O)[C@H](Br)C(C)C)cc1. The van der Waals surface area contributed by atoms with Crippen LogP contribution in [0, 0.1) is 5.92 Å². The van der Waals surface area contributed by atoms with E-state index in [-0.39, 0.29) is 10.6 Å². The zero-order chi connectivity index (χ0) is 11.4. The minimum Gasteiger partial charge on any atom is -0.497 e. The summed E-state index contributed by atoms with van der Waals surface area (Å²) < 4.78 is 5.03. The molecule has 0 bridgehead atoms. The van der Waals surface area contributed by atoms with Gasteiger partial charge >= 0.3 is 0 Å². The minimum atomic E-state index is -0.120. The number of carbonyl (C=O) groups is 1. The Kier molecular flexibility index (Phi) is 4.33. The van der Waals surface area contributed by atoms with E-state index in [1.165, 1.54) is 0 Å². The van der Waals surface area contributed by atoms with Crippen LogP contribution in [-0.4, -0.2) is 17.7 Å². The van der Waals surface area contributed by atoms with Gasteiger partial charge in [0.25, 0.3) is 0 Å². The lowest BCUT2D eigenvalue weighted by molar-refractivity contribution is 0.0978. The lowest BCUT2D eigenvalue weighted by Gasteiger charge is -2.12. The monoisotopic (exact) mass is 270 g/mol. The van der Waals surface area contributed by atoms with Crippen molar-refractivity contribution in [2.45, 2.75) is 18.7 Å². The Morgan fingerprint density at radius 3 is 2.20 bits per heavy atom. The molecular formula is C12H15BrO2.